The highest BCUT2D eigenvalue weighted by Gasteiger charge is 2.35. The van der Waals surface area contributed by atoms with Gasteiger partial charge in [-0.3, -0.25) is 9.89 Å². The van der Waals surface area contributed by atoms with Crippen LogP contribution in [0.3, 0.4) is 0 Å². The molecule has 128 valence electrons. The molecule has 1 saturated heterocycles. The lowest BCUT2D eigenvalue weighted by Gasteiger charge is -2.37. The first-order valence-electron chi connectivity index (χ1n) is 8.51. The minimum atomic E-state index is -0.678. The first kappa shape index (κ1) is 16.5. The molecule has 0 saturated carbocycles. The zero-order valence-corrected chi connectivity index (χ0v) is 14.4. The van der Waals surface area contributed by atoms with E-state index in [4.69, 9.17) is 4.74 Å². The van der Waals surface area contributed by atoms with Gasteiger partial charge in [0.2, 0.25) is 0 Å². The fourth-order valence-electron chi connectivity index (χ4n) is 3.79. The van der Waals surface area contributed by atoms with Gasteiger partial charge in [-0.1, -0.05) is 0 Å². The number of H-pyrrole nitrogens is 1. The van der Waals surface area contributed by atoms with Crippen molar-refractivity contribution in [3.05, 3.63) is 17.0 Å². The van der Waals surface area contributed by atoms with Crippen LogP contribution in [0, 0.1) is 5.92 Å². The molecule has 0 aromatic carbocycles. The lowest BCUT2D eigenvalue weighted by molar-refractivity contribution is -0.0115. The van der Waals surface area contributed by atoms with Crippen LogP contribution >= 0.6 is 0 Å². The van der Waals surface area contributed by atoms with Gasteiger partial charge in [0.25, 0.3) is 5.91 Å². The molecule has 0 radical (unpaired) electrons. The molecule has 0 bridgehead atoms. The number of fused-ring (bicyclic) bond motifs is 1. The third kappa shape index (κ3) is 3.15. The summed E-state index contributed by atoms with van der Waals surface area (Å²) in [5.41, 5.74) is 1.80. The number of aromatic amines is 1. The Labute approximate surface area is 137 Å². The first-order valence-corrected chi connectivity index (χ1v) is 8.51. The van der Waals surface area contributed by atoms with Gasteiger partial charge in [-0.25, -0.2) is 0 Å². The van der Waals surface area contributed by atoms with Crippen molar-refractivity contribution in [1.29, 1.82) is 0 Å². The number of hydrogen-bond donors (Lipinski definition) is 2. The van der Waals surface area contributed by atoms with Gasteiger partial charge in [-0.2, -0.15) is 5.10 Å². The average Bonchev–Trinajstić information content (AvgIpc) is 2.89. The van der Waals surface area contributed by atoms with Gasteiger partial charge in [-0.05, 0) is 46.5 Å². The number of aromatic nitrogens is 2. The summed E-state index contributed by atoms with van der Waals surface area (Å²) < 4.78 is 5.78. The maximum Gasteiger partial charge on any atom is 0.274 e. The molecule has 6 heteroatoms. The fourth-order valence-corrected chi connectivity index (χ4v) is 3.79. The summed E-state index contributed by atoms with van der Waals surface area (Å²) in [5, 5.41) is 17.4. The van der Waals surface area contributed by atoms with Crippen LogP contribution in [-0.4, -0.2) is 50.9 Å². The second kappa shape index (κ2) is 5.91. The van der Waals surface area contributed by atoms with Crippen molar-refractivity contribution in [2.45, 2.75) is 64.8 Å². The van der Waals surface area contributed by atoms with Crippen LogP contribution in [0.4, 0.5) is 0 Å². The maximum atomic E-state index is 12.8. The number of aliphatic hydroxyl groups is 1. The molecule has 0 aliphatic carbocycles. The second-order valence-corrected chi connectivity index (χ2v) is 7.48. The van der Waals surface area contributed by atoms with E-state index in [1.807, 2.05) is 32.6 Å². The SMILES string of the molecule is C[C@@H]1Cc2c(C(=O)N3CCC(C(C)(C)O)CC3)n[nH]c2[C@H](C)O1. The van der Waals surface area contributed by atoms with E-state index in [1.54, 1.807) is 0 Å². The maximum absolute atomic E-state index is 12.8. The minimum Gasteiger partial charge on any atom is -0.390 e. The van der Waals surface area contributed by atoms with Gasteiger partial charge in [0, 0.05) is 25.1 Å². The molecule has 2 atom stereocenters. The van der Waals surface area contributed by atoms with E-state index in [2.05, 4.69) is 10.2 Å². The molecule has 1 fully saturated rings. The van der Waals surface area contributed by atoms with Crippen molar-refractivity contribution in [2.24, 2.45) is 5.92 Å². The molecule has 1 amide bonds. The number of carbonyl (C=O) groups excluding carboxylic acids is 1. The number of likely N-dealkylation sites (tertiary alicyclic amines) is 1. The zero-order valence-electron chi connectivity index (χ0n) is 14.4. The topological polar surface area (TPSA) is 78.5 Å². The average molecular weight is 321 g/mol. The van der Waals surface area contributed by atoms with Crippen molar-refractivity contribution in [3.8, 4) is 0 Å². The van der Waals surface area contributed by atoms with Crippen LogP contribution in [0.25, 0.3) is 0 Å². The van der Waals surface area contributed by atoms with E-state index < -0.39 is 5.60 Å². The largest absolute Gasteiger partial charge is 0.390 e. The molecule has 1 aromatic rings. The quantitative estimate of drug-likeness (QED) is 0.874. The Hall–Kier alpha value is -1.40. The van der Waals surface area contributed by atoms with Gasteiger partial charge in [0.1, 0.15) is 0 Å². The highest BCUT2D eigenvalue weighted by molar-refractivity contribution is 5.94. The van der Waals surface area contributed by atoms with E-state index in [9.17, 15) is 9.90 Å². The van der Waals surface area contributed by atoms with E-state index >= 15 is 0 Å². The van der Waals surface area contributed by atoms with Gasteiger partial charge >= 0.3 is 0 Å². The molecular formula is C17H27N3O3. The first-order chi connectivity index (χ1) is 10.8. The molecule has 6 nitrogen and oxygen atoms in total. The lowest BCUT2D eigenvalue weighted by Crippen LogP contribution is -2.44. The summed E-state index contributed by atoms with van der Waals surface area (Å²) in [4.78, 5) is 14.7. The molecule has 2 N–H and O–H groups in total. The number of hydrogen-bond acceptors (Lipinski definition) is 4. The Bertz CT molecular complexity index is 582. The normalized spacial score (nSPS) is 26.2. The number of carbonyl (C=O) groups is 1. The highest BCUT2D eigenvalue weighted by atomic mass is 16.5. The molecule has 23 heavy (non-hydrogen) atoms. The Morgan fingerprint density at radius 2 is 2.00 bits per heavy atom. The molecule has 2 aliphatic heterocycles. The van der Waals surface area contributed by atoms with Crippen LogP contribution in [0.5, 0.6) is 0 Å². The molecule has 1 aromatic heterocycles. The Kier molecular flexibility index (Phi) is 4.23. The number of amides is 1. The molecule has 3 heterocycles. The van der Waals surface area contributed by atoms with Gasteiger partial charge < -0.3 is 14.7 Å². The molecule has 0 spiro atoms. The number of rotatable bonds is 2. The number of nitrogens with one attached hydrogen (secondary N) is 1. The van der Waals surface area contributed by atoms with E-state index in [-0.39, 0.29) is 24.0 Å². The van der Waals surface area contributed by atoms with Crippen LogP contribution in [0.1, 0.15) is 68.4 Å². The summed E-state index contributed by atoms with van der Waals surface area (Å²) in [6, 6.07) is 0. The number of ether oxygens (including phenoxy) is 1. The van der Waals surface area contributed by atoms with Crippen LogP contribution in [-0.2, 0) is 11.2 Å². The summed E-state index contributed by atoms with van der Waals surface area (Å²) in [6.07, 6.45) is 2.43. The molecule has 3 rings (SSSR count). The molecule has 2 aliphatic rings. The van der Waals surface area contributed by atoms with E-state index in [1.165, 1.54) is 0 Å². The lowest BCUT2D eigenvalue weighted by atomic mass is 9.83. The van der Waals surface area contributed by atoms with E-state index in [0.717, 1.165) is 30.5 Å². The number of nitrogens with zero attached hydrogens (tertiary/aromatic N) is 2. The second-order valence-electron chi connectivity index (χ2n) is 7.48. The van der Waals surface area contributed by atoms with Crippen LogP contribution < -0.4 is 0 Å². The van der Waals surface area contributed by atoms with Crippen LogP contribution in [0.2, 0.25) is 0 Å². The number of piperidine rings is 1. The smallest absolute Gasteiger partial charge is 0.274 e. The summed E-state index contributed by atoms with van der Waals surface area (Å²) in [7, 11) is 0. The van der Waals surface area contributed by atoms with Gasteiger partial charge in [0.05, 0.1) is 23.5 Å². The summed E-state index contributed by atoms with van der Waals surface area (Å²) in [5.74, 6) is 0.242. The van der Waals surface area contributed by atoms with Crippen LogP contribution in [0.15, 0.2) is 0 Å². The molecule has 0 unspecified atom stereocenters. The Balaban J connectivity index is 1.73. The monoisotopic (exact) mass is 321 g/mol. The van der Waals surface area contributed by atoms with Crippen molar-refractivity contribution >= 4 is 5.91 Å². The predicted octanol–water partition coefficient (Wildman–Crippen LogP) is 2.05. The third-order valence-electron chi connectivity index (χ3n) is 5.22. The van der Waals surface area contributed by atoms with Gasteiger partial charge in [0.15, 0.2) is 5.69 Å². The summed E-state index contributed by atoms with van der Waals surface area (Å²) >= 11 is 0. The van der Waals surface area contributed by atoms with Gasteiger partial charge in [-0.15, -0.1) is 0 Å². The fraction of sp³-hybridized carbons (Fsp3) is 0.765. The Morgan fingerprint density at radius 1 is 1.35 bits per heavy atom. The Morgan fingerprint density at radius 3 is 2.61 bits per heavy atom. The van der Waals surface area contributed by atoms with Crippen molar-refractivity contribution < 1.29 is 14.6 Å². The predicted molar refractivity (Wildman–Crippen MR) is 86.2 cm³/mol. The minimum absolute atomic E-state index is 0.00186. The standard InChI is InChI=1S/C17H27N3O3/c1-10-9-13-14(11(2)23-10)18-19-15(13)16(21)20-7-5-12(6-8-20)17(3,4)22/h10-12,22H,5-9H2,1-4H3,(H,18,19)/t10-,11+/m1/s1. The van der Waals surface area contributed by atoms with Crippen molar-refractivity contribution in [1.82, 2.24) is 15.1 Å². The van der Waals surface area contributed by atoms with Crippen molar-refractivity contribution in [2.75, 3.05) is 13.1 Å². The van der Waals surface area contributed by atoms with E-state index in [0.29, 0.717) is 18.8 Å². The van der Waals surface area contributed by atoms with Crippen molar-refractivity contribution in [3.63, 3.8) is 0 Å². The molecular weight excluding hydrogens is 294 g/mol. The zero-order chi connectivity index (χ0) is 16.8. The highest BCUT2D eigenvalue weighted by Crippen LogP contribution is 2.32. The summed E-state index contributed by atoms with van der Waals surface area (Å²) in [6.45, 7) is 9.06. The third-order valence-corrected chi connectivity index (χ3v) is 5.22.